The van der Waals surface area contributed by atoms with E-state index >= 15 is 0 Å². The van der Waals surface area contributed by atoms with Gasteiger partial charge in [-0.1, -0.05) is 41.7 Å². The molecule has 0 fully saturated rings. The Morgan fingerprint density at radius 3 is 2.40 bits per heavy atom. The average molecular weight is 240 g/mol. The number of carbonyl (C=O) groups excluding carboxylic acids is 1. The van der Waals surface area contributed by atoms with Crippen molar-refractivity contribution in [3.05, 3.63) is 35.4 Å². The highest BCUT2D eigenvalue weighted by Gasteiger charge is 2.04. The molecular formula is C10H12N2OS2. The molecule has 0 unspecified atom stereocenters. The molecule has 3 nitrogen and oxygen atoms in total. The molecule has 0 spiro atoms. The molecular weight excluding hydrogens is 228 g/mol. The van der Waals surface area contributed by atoms with Crippen LogP contribution in [0.5, 0.6) is 0 Å². The number of thiocarbonyl (C=S) groups is 1. The van der Waals surface area contributed by atoms with Gasteiger partial charge in [-0.05, 0) is 25.3 Å². The Hall–Kier alpha value is -1.07. The molecule has 1 rings (SSSR count). The molecule has 1 aromatic carbocycles. The maximum atomic E-state index is 11.5. The molecule has 1 aromatic rings. The van der Waals surface area contributed by atoms with Gasteiger partial charge in [-0.3, -0.25) is 15.6 Å². The van der Waals surface area contributed by atoms with Crippen LogP contribution >= 0.6 is 24.0 Å². The minimum absolute atomic E-state index is 0.189. The Kier molecular flexibility index (Phi) is 4.58. The number of hydrazine groups is 1. The van der Waals surface area contributed by atoms with Crippen molar-refractivity contribution < 1.29 is 4.79 Å². The molecule has 0 aliphatic rings. The standard InChI is InChI=1S/C10H12N2OS2/c1-7-3-5-8(6-4-7)9(13)11-12-10(14)15-2/h3-6H,1-2H3,(H,11,13)(H,12,14). The second kappa shape index (κ2) is 5.72. The summed E-state index contributed by atoms with van der Waals surface area (Å²) in [6.45, 7) is 1.97. The van der Waals surface area contributed by atoms with Gasteiger partial charge in [0.15, 0.2) is 4.32 Å². The molecule has 0 saturated heterocycles. The highest BCUT2D eigenvalue weighted by atomic mass is 32.2. The SMILES string of the molecule is CSC(=S)NNC(=O)c1ccc(C)cc1. The Labute approximate surface area is 98.6 Å². The van der Waals surface area contributed by atoms with Crippen LogP contribution in [0.4, 0.5) is 0 Å². The Morgan fingerprint density at radius 2 is 1.87 bits per heavy atom. The van der Waals surface area contributed by atoms with Crippen LogP contribution in [0.1, 0.15) is 15.9 Å². The van der Waals surface area contributed by atoms with Crippen LogP contribution < -0.4 is 10.9 Å². The van der Waals surface area contributed by atoms with E-state index in [0.29, 0.717) is 9.88 Å². The summed E-state index contributed by atoms with van der Waals surface area (Å²) >= 11 is 6.25. The fourth-order valence-corrected chi connectivity index (χ4v) is 1.14. The predicted molar refractivity (Wildman–Crippen MR) is 67.9 cm³/mol. The Balaban J connectivity index is 2.54. The molecule has 0 heterocycles. The summed E-state index contributed by atoms with van der Waals surface area (Å²) in [7, 11) is 0. The predicted octanol–water partition coefficient (Wildman–Crippen LogP) is 1.88. The molecule has 0 saturated carbocycles. The highest BCUT2D eigenvalue weighted by molar-refractivity contribution is 8.22. The van der Waals surface area contributed by atoms with Crippen molar-refractivity contribution in [2.24, 2.45) is 0 Å². The molecule has 0 atom stereocenters. The second-order valence-corrected chi connectivity index (χ2v) is 4.42. The zero-order valence-corrected chi connectivity index (χ0v) is 10.2. The number of carbonyl (C=O) groups is 1. The summed E-state index contributed by atoms with van der Waals surface area (Å²) < 4.78 is 0.537. The van der Waals surface area contributed by atoms with Crippen molar-refractivity contribution in [2.45, 2.75) is 6.92 Å². The van der Waals surface area contributed by atoms with Crippen LogP contribution in [0.3, 0.4) is 0 Å². The van der Waals surface area contributed by atoms with Gasteiger partial charge in [0.05, 0.1) is 0 Å². The van der Waals surface area contributed by atoms with Gasteiger partial charge in [0.2, 0.25) is 0 Å². The van der Waals surface area contributed by atoms with Crippen molar-refractivity contribution in [1.82, 2.24) is 10.9 Å². The lowest BCUT2D eigenvalue weighted by molar-refractivity contribution is 0.0944. The Morgan fingerprint density at radius 1 is 1.27 bits per heavy atom. The van der Waals surface area contributed by atoms with Crippen LogP contribution in [0.15, 0.2) is 24.3 Å². The average Bonchev–Trinajstić information content (AvgIpc) is 2.26. The zero-order valence-electron chi connectivity index (χ0n) is 8.53. The van der Waals surface area contributed by atoms with Gasteiger partial charge in [-0.25, -0.2) is 0 Å². The van der Waals surface area contributed by atoms with Crippen LogP contribution in [0.25, 0.3) is 0 Å². The number of aryl methyl sites for hydroxylation is 1. The van der Waals surface area contributed by atoms with Gasteiger partial charge >= 0.3 is 0 Å². The molecule has 0 radical (unpaired) electrons. The monoisotopic (exact) mass is 240 g/mol. The lowest BCUT2D eigenvalue weighted by atomic mass is 10.1. The molecule has 80 valence electrons. The number of amides is 1. The third kappa shape index (κ3) is 3.89. The summed E-state index contributed by atoms with van der Waals surface area (Å²) in [5, 5.41) is 0. The normalized spacial score (nSPS) is 9.47. The molecule has 5 heteroatoms. The zero-order chi connectivity index (χ0) is 11.3. The van der Waals surface area contributed by atoms with Gasteiger partial charge in [-0.2, -0.15) is 0 Å². The quantitative estimate of drug-likeness (QED) is 0.581. The van der Waals surface area contributed by atoms with E-state index in [0.717, 1.165) is 5.56 Å². The van der Waals surface area contributed by atoms with Gasteiger partial charge < -0.3 is 0 Å². The minimum atomic E-state index is -0.189. The first-order valence-electron chi connectivity index (χ1n) is 4.34. The third-order valence-corrected chi connectivity index (χ3v) is 2.85. The summed E-state index contributed by atoms with van der Waals surface area (Å²) in [6, 6.07) is 7.33. The molecule has 0 bridgehead atoms. The van der Waals surface area contributed by atoms with Crippen LogP contribution in [-0.4, -0.2) is 16.5 Å². The number of hydrogen-bond donors (Lipinski definition) is 2. The van der Waals surface area contributed by atoms with Crippen molar-refractivity contribution in [2.75, 3.05) is 6.26 Å². The summed E-state index contributed by atoms with van der Waals surface area (Å²) in [5.41, 5.74) is 6.89. The molecule has 15 heavy (non-hydrogen) atoms. The van der Waals surface area contributed by atoms with E-state index in [1.807, 2.05) is 25.3 Å². The van der Waals surface area contributed by atoms with Gasteiger partial charge in [0.25, 0.3) is 5.91 Å². The van der Waals surface area contributed by atoms with E-state index in [9.17, 15) is 4.79 Å². The van der Waals surface area contributed by atoms with E-state index in [-0.39, 0.29) is 5.91 Å². The first-order valence-corrected chi connectivity index (χ1v) is 5.97. The van der Waals surface area contributed by atoms with Crippen LogP contribution in [0.2, 0.25) is 0 Å². The molecule has 2 N–H and O–H groups in total. The second-order valence-electron chi connectivity index (χ2n) is 2.94. The smallest absolute Gasteiger partial charge is 0.269 e. The lowest BCUT2D eigenvalue weighted by Crippen LogP contribution is -2.39. The first-order chi connectivity index (χ1) is 7.13. The number of thioether (sulfide) groups is 1. The topological polar surface area (TPSA) is 41.1 Å². The van der Waals surface area contributed by atoms with Crippen molar-refractivity contribution in [3.63, 3.8) is 0 Å². The maximum Gasteiger partial charge on any atom is 0.269 e. The van der Waals surface area contributed by atoms with E-state index in [2.05, 4.69) is 10.9 Å². The van der Waals surface area contributed by atoms with E-state index in [1.54, 1.807) is 12.1 Å². The molecule has 0 aromatic heterocycles. The Bertz CT molecular complexity index is 362. The minimum Gasteiger partial charge on any atom is -0.283 e. The summed E-state index contributed by atoms with van der Waals surface area (Å²) in [6.07, 6.45) is 1.84. The number of rotatable bonds is 1. The highest BCUT2D eigenvalue weighted by Crippen LogP contribution is 2.02. The van der Waals surface area contributed by atoms with Gasteiger partial charge in [-0.15, -0.1) is 0 Å². The molecule has 1 amide bonds. The van der Waals surface area contributed by atoms with E-state index < -0.39 is 0 Å². The van der Waals surface area contributed by atoms with Gasteiger partial charge in [0, 0.05) is 5.56 Å². The van der Waals surface area contributed by atoms with E-state index in [1.165, 1.54) is 11.8 Å². The van der Waals surface area contributed by atoms with Crippen LogP contribution in [-0.2, 0) is 0 Å². The van der Waals surface area contributed by atoms with Crippen molar-refractivity contribution in [3.8, 4) is 0 Å². The fourth-order valence-electron chi connectivity index (χ4n) is 0.936. The third-order valence-electron chi connectivity index (χ3n) is 1.78. The van der Waals surface area contributed by atoms with Crippen LogP contribution in [0, 0.1) is 6.92 Å². The largest absolute Gasteiger partial charge is 0.283 e. The maximum absolute atomic E-state index is 11.5. The van der Waals surface area contributed by atoms with Crippen molar-refractivity contribution >= 4 is 34.2 Å². The van der Waals surface area contributed by atoms with Gasteiger partial charge in [0.1, 0.15) is 0 Å². The first kappa shape index (κ1) is 12.0. The summed E-state index contributed by atoms with van der Waals surface area (Å²) in [4.78, 5) is 11.5. The number of benzene rings is 1. The fraction of sp³-hybridized carbons (Fsp3) is 0.200. The number of hydrogen-bond acceptors (Lipinski definition) is 3. The van der Waals surface area contributed by atoms with E-state index in [4.69, 9.17) is 12.2 Å². The lowest BCUT2D eigenvalue weighted by Gasteiger charge is -2.07. The number of nitrogens with one attached hydrogen (secondary N) is 2. The molecule has 0 aliphatic heterocycles. The summed E-state index contributed by atoms with van der Waals surface area (Å²) in [5.74, 6) is -0.189. The molecule has 0 aliphatic carbocycles. The van der Waals surface area contributed by atoms with Crippen molar-refractivity contribution in [1.29, 1.82) is 0 Å².